The van der Waals surface area contributed by atoms with E-state index in [9.17, 15) is 5.11 Å². The van der Waals surface area contributed by atoms with Gasteiger partial charge in [-0.2, -0.15) is 0 Å². The minimum atomic E-state index is -0.842. The van der Waals surface area contributed by atoms with E-state index in [1.807, 2.05) is 19.1 Å². The average molecular weight is 194 g/mol. The van der Waals surface area contributed by atoms with Gasteiger partial charge >= 0.3 is 0 Å². The smallest absolute Gasteiger partial charge is 0.231 e. The highest BCUT2D eigenvalue weighted by atomic mass is 16.7. The molecule has 3 heteroatoms. The van der Waals surface area contributed by atoms with Gasteiger partial charge in [0, 0.05) is 5.56 Å². The first-order chi connectivity index (χ1) is 6.50. The minimum Gasteiger partial charge on any atom is -0.454 e. The largest absolute Gasteiger partial charge is 0.454 e. The molecule has 2 rings (SSSR count). The van der Waals surface area contributed by atoms with E-state index in [2.05, 4.69) is 0 Å². The van der Waals surface area contributed by atoms with Crippen molar-refractivity contribution in [1.82, 2.24) is 0 Å². The molecule has 0 bridgehead atoms. The highest BCUT2D eigenvalue weighted by molar-refractivity contribution is 5.52. The fraction of sp³-hybridized carbons (Fsp3) is 0.455. The molecule has 0 unspecified atom stereocenters. The van der Waals surface area contributed by atoms with E-state index in [0.29, 0.717) is 0 Å². The molecule has 0 saturated carbocycles. The molecule has 0 aromatic heterocycles. The summed E-state index contributed by atoms with van der Waals surface area (Å²) in [5, 5.41) is 9.90. The van der Waals surface area contributed by atoms with Crippen LogP contribution >= 0.6 is 0 Å². The summed E-state index contributed by atoms with van der Waals surface area (Å²) in [6.07, 6.45) is 0. The van der Waals surface area contributed by atoms with Gasteiger partial charge in [0.2, 0.25) is 6.79 Å². The summed E-state index contributed by atoms with van der Waals surface area (Å²) in [6.45, 7) is 5.72. The number of rotatable bonds is 1. The molecule has 1 aromatic rings. The van der Waals surface area contributed by atoms with Gasteiger partial charge in [0.1, 0.15) is 0 Å². The first kappa shape index (κ1) is 9.34. The van der Waals surface area contributed by atoms with E-state index in [1.165, 1.54) is 0 Å². The van der Waals surface area contributed by atoms with Crippen molar-refractivity contribution in [2.45, 2.75) is 26.4 Å². The lowest BCUT2D eigenvalue weighted by molar-refractivity contribution is 0.0776. The maximum atomic E-state index is 9.90. The van der Waals surface area contributed by atoms with Gasteiger partial charge in [-0.3, -0.25) is 0 Å². The Hall–Kier alpha value is -1.22. The third-order valence-electron chi connectivity index (χ3n) is 2.45. The Balaban J connectivity index is 2.56. The zero-order valence-corrected chi connectivity index (χ0v) is 8.63. The third-order valence-corrected chi connectivity index (χ3v) is 2.45. The molecule has 1 N–H and O–H groups in total. The number of ether oxygens (including phenoxy) is 2. The van der Waals surface area contributed by atoms with E-state index in [1.54, 1.807) is 13.8 Å². The fourth-order valence-electron chi connectivity index (χ4n) is 1.77. The maximum Gasteiger partial charge on any atom is 0.231 e. The quantitative estimate of drug-likeness (QED) is 0.742. The Labute approximate surface area is 83.3 Å². The van der Waals surface area contributed by atoms with Crippen LogP contribution in [0.4, 0.5) is 0 Å². The first-order valence-electron chi connectivity index (χ1n) is 4.62. The highest BCUT2D eigenvalue weighted by Crippen LogP contribution is 2.39. The Morgan fingerprint density at radius 2 is 2.00 bits per heavy atom. The van der Waals surface area contributed by atoms with Crippen LogP contribution in [0.3, 0.4) is 0 Å². The number of benzene rings is 1. The number of aliphatic hydroxyl groups is 1. The van der Waals surface area contributed by atoms with Gasteiger partial charge in [0.25, 0.3) is 0 Å². The van der Waals surface area contributed by atoms with Gasteiger partial charge in [-0.25, -0.2) is 0 Å². The van der Waals surface area contributed by atoms with Gasteiger partial charge in [0.15, 0.2) is 11.5 Å². The summed E-state index contributed by atoms with van der Waals surface area (Å²) in [5.74, 6) is 1.51. The second-order valence-corrected chi connectivity index (χ2v) is 4.03. The molecule has 76 valence electrons. The van der Waals surface area contributed by atoms with E-state index < -0.39 is 5.60 Å². The standard InChI is InChI=1S/C11H14O3/c1-7-8(11(2,3)12)4-5-9-10(7)14-6-13-9/h4-5,12H,6H2,1-3H3. The SMILES string of the molecule is Cc1c(C(C)(C)O)ccc2c1OCO2. The van der Waals surface area contributed by atoms with Crippen molar-refractivity contribution in [2.75, 3.05) is 6.79 Å². The first-order valence-corrected chi connectivity index (χ1v) is 4.62. The molecule has 14 heavy (non-hydrogen) atoms. The average Bonchev–Trinajstić information content (AvgIpc) is 2.50. The predicted molar refractivity (Wildman–Crippen MR) is 52.5 cm³/mol. The molecule has 1 aliphatic rings. The minimum absolute atomic E-state index is 0.269. The lowest BCUT2D eigenvalue weighted by Crippen LogP contribution is -2.17. The summed E-state index contributed by atoms with van der Waals surface area (Å²) < 4.78 is 10.6. The molecular formula is C11H14O3. The van der Waals surface area contributed by atoms with Gasteiger partial charge in [-0.15, -0.1) is 0 Å². The van der Waals surface area contributed by atoms with Gasteiger partial charge in [-0.1, -0.05) is 6.07 Å². The monoisotopic (exact) mass is 194 g/mol. The van der Waals surface area contributed by atoms with Crippen LogP contribution in [0.15, 0.2) is 12.1 Å². The number of hydrogen-bond donors (Lipinski definition) is 1. The Morgan fingerprint density at radius 1 is 1.29 bits per heavy atom. The van der Waals surface area contributed by atoms with Crippen LogP contribution < -0.4 is 9.47 Å². The molecular weight excluding hydrogens is 180 g/mol. The zero-order valence-electron chi connectivity index (χ0n) is 8.63. The van der Waals surface area contributed by atoms with Crippen molar-refractivity contribution in [3.05, 3.63) is 23.3 Å². The molecule has 3 nitrogen and oxygen atoms in total. The molecule has 1 aliphatic heterocycles. The van der Waals surface area contributed by atoms with Gasteiger partial charge in [0.05, 0.1) is 5.60 Å². The summed E-state index contributed by atoms with van der Waals surface area (Å²) in [4.78, 5) is 0. The summed E-state index contributed by atoms with van der Waals surface area (Å²) in [6, 6.07) is 3.71. The summed E-state index contributed by atoms with van der Waals surface area (Å²) >= 11 is 0. The van der Waals surface area contributed by atoms with Crippen LogP contribution in [0.5, 0.6) is 11.5 Å². The van der Waals surface area contributed by atoms with Gasteiger partial charge < -0.3 is 14.6 Å². The lowest BCUT2D eigenvalue weighted by atomic mass is 9.93. The molecule has 0 amide bonds. The Bertz CT molecular complexity index is 364. The van der Waals surface area contributed by atoms with Crippen LogP contribution in [0.1, 0.15) is 25.0 Å². The maximum absolute atomic E-state index is 9.90. The third kappa shape index (κ3) is 1.34. The molecule has 0 spiro atoms. The van der Waals surface area contributed by atoms with Crippen LogP contribution in [0.25, 0.3) is 0 Å². The van der Waals surface area contributed by atoms with Crippen LogP contribution in [-0.4, -0.2) is 11.9 Å². The van der Waals surface area contributed by atoms with Crippen LogP contribution in [0.2, 0.25) is 0 Å². The highest BCUT2D eigenvalue weighted by Gasteiger charge is 2.25. The van der Waals surface area contributed by atoms with Crippen molar-refractivity contribution in [3.63, 3.8) is 0 Å². The van der Waals surface area contributed by atoms with Gasteiger partial charge in [-0.05, 0) is 32.4 Å². The predicted octanol–water partition coefficient (Wildman–Crippen LogP) is 1.95. The molecule has 0 radical (unpaired) electrons. The van der Waals surface area contributed by atoms with Crippen LogP contribution in [0, 0.1) is 6.92 Å². The van der Waals surface area contributed by atoms with E-state index in [0.717, 1.165) is 22.6 Å². The van der Waals surface area contributed by atoms with Crippen molar-refractivity contribution in [3.8, 4) is 11.5 Å². The molecule has 1 heterocycles. The molecule has 0 atom stereocenters. The van der Waals surface area contributed by atoms with E-state index in [4.69, 9.17) is 9.47 Å². The second kappa shape index (κ2) is 2.89. The van der Waals surface area contributed by atoms with E-state index in [-0.39, 0.29) is 6.79 Å². The van der Waals surface area contributed by atoms with Crippen molar-refractivity contribution in [2.24, 2.45) is 0 Å². The lowest BCUT2D eigenvalue weighted by Gasteiger charge is -2.20. The topological polar surface area (TPSA) is 38.7 Å². The molecule has 0 fully saturated rings. The Kier molecular flexibility index (Phi) is 1.93. The normalized spacial score (nSPS) is 14.6. The summed E-state index contributed by atoms with van der Waals surface area (Å²) in [5.41, 5.74) is 0.986. The van der Waals surface area contributed by atoms with Crippen LogP contribution in [-0.2, 0) is 5.60 Å². The van der Waals surface area contributed by atoms with E-state index >= 15 is 0 Å². The van der Waals surface area contributed by atoms with Crippen molar-refractivity contribution in [1.29, 1.82) is 0 Å². The molecule has 0 aliphatic carbocycles. The second-order valence-electron chi connectivity index (χ2n) is 4.03. The fourth-order valence-corrected chi connectivity index (χ4v) is 1.77. The molecule has 0 saturated heterocycles. The van der Waals surface area contributed by atoms with Crippen molar-refractivity contribution >= 4 is 0 Å². The molecule has 1 aromatic carbocycles. The van der Waals surface area contributed by atoms with Crippen molar-refractivity contribution < 1.29 is 14.6 Å². The number of hydrogen-bond acceptors (Lipinski definition) is 3. The summed E-state index contributed by atoms with van der Waals surface area (Å²) in [7, 11) is 0. The number of fused-ring (bicyclic) bond motifs is 1. The Morgan fingerprint density at radius 3 is 2.64 bits per heavy atom. The zero-order chi connectivity index (χ0) is 10.3.